The molecule has 2 aromatic rings. The second-order valence-electron chi connectivity index (χ2n) is 3.67. The number of rotatable bonds is 3. The van der Waals surface area contributed by atoms with Gasteiger partial charge in [-0.05, 0) is 18.2 Å². The van der Waals surface area contributed by atoms with E-state index < -0.39 is 12.3 Å². The molecule has 0 bridgehead atoms. The van der Waals surface area contributed by atoms with Crippen LogP contribution < -0.4 is 4.74 Å². The van der Waals surface area contributed by atoms with E-state index >= 15 is 0 Å². The van der Waals surface area contributed by atoms with Crippen molar-refractivity contribution in [2.45, 2.75) is 6.29 Å². The third-order valence-corrected chi connectivity index (χ3v) is 2.41. The van der Waals surface area contributed by atoms with Crippen molar-refractivity contribution in [3.05, 3.63) is 65.7 Å². The number of hydrogen-bond acceptors (Lipinski definition) is 4. The summed E-state index contributed by atoms with van der Waals surface area (Å²) in [6.45, 7) is 0. The molecule has 0 atom stereocenters. The van der Waals surface area contributed by atoms with E-state index in [2.05, 4.69) is 0 Å². The molecular weight excluding hydrogens is 232 g/mol. The Balaban J connectivity index is 2.22. The lowest BCUT2D eigenvalue weighted by atomic mass is 10.2. The molecule has 0 aliphatic carbocycles. The highest BCUT2D eigenvalue weighted by Crippen LogP contribution is 2.24. The summed E-state index contributed by atoms with van der Waals surface area (Å²) in [5.41, 5.74) is 0.557. The summed E-state index contributed by atoms with van der Waals surface area (Å²) >= 11 is 0. The van der Waals surface area contributed by atoms with Crippen LogP contribution in [-0.4, -0.2) is 16.2 Å². The van der Waals surface area contributed by atoms with Gasteiger partial charge in [-0.15, -0.1) is 0 Å². The minimum absolute atomic E-state index is 0.140. The zero-order chi connectivity index (χ0) is 13.0. The van der Waals surface area contributed by atoms with Crippen LogP contribution in [0.5, 0.6) is 5.75 Å². The highest BCUT2D eigenvalue weighted by atomic mass is 16.5. The number of benzene rings is 2. The first-order valence-corrected chi connectivity index (χ1v) is 5.41. The highest BCUT2D eigenvalue weighted by molar-refractivity contribution is 5.91. The van der Waals surface area contributed by atoms with Gasteiger partial charge in [0.2, 0.25) is 0 Å². The average Bonchev–Trinajstić information content (AvgIpc) is 2.40. The first kappa shape index (κ1) is 12.3. The smallest absolute Gasteiger partial charge is 0.343 e. The molecule has 0 radical (unpaired) electrons. The Morgan fingerprint density at radius 3 is 2.22 bits per heavy atom. The summed E-state index contributed by atoms with van der Waals surface area (Å²) in [7, 11) is 0. The molecule has 2 rings (SSSR count). The number of carbonyl (C=O) groups excluding carboxylic acids is 1. The van der Waals surface area contributed by atoms with E-state index in [-0.39, 0.29) is 11.3 Å². The molecule has 0 aliphatic heterocycles. The summed E-state index contributed by atoms with van der Waals surface area (Å²) in [6.07, 6.45) is -1.68. The Hall–Kier alpha value is -2.17. The summed E-state index contributed by atoms with van der Waals surface area (Å²) < 4.78 is 5.13. The highest BCUT2D eigenvalue weighted by Gasteiger charge is 2.14. The molecule has 2 aromatic carbocycles. The molecule has 18 heavy (non-hydrogen) atoms. The van der Waals surface area contributed by atoms with E-state index in [9.17, 15) is 4.79 Å². The van der Waals surface area contributed by atoms with Crippen molar-refractivity contribution in [1.29, 1.82) is 0 Å². The van der Waals surface area contributed by atoms with Crippen LogP contribution in [0.2, 0.25) is 0 Å². The van der Waals surface area contributed by atoms with Gasteiger partial charge in [-0.25, -0.2) is 4.79 Å². The van der Waals surface area contributed by atoms with Crippen molar-refractivity contribution < 1.29 is 19.7 Å². The van der Waals surface area contributed by atoms with E-state index in [1.54, 1.807) is 42.5 Å². The molecule has 0 spiro atoms. The van der Waals surface area contributed by atoms with Crippen LogP contribution in [0.1, 0.15) is 22.2 Å². The third kappa shape index (κ3) is 2.74. The lowest BCUT2D eigenvalue weighted by Gasteiger charge is -2.10. The molecule has 4 heteroatoms. The maximum absolute atomic E-state index is 11.8. The summed E-state index contributed by atoms with van der Waals surface area (Å²) in [4.78, 5) is 11.8. The lowest BCUT2D eigenvalue weighted by Crippen LogP contribution is -2.10. The normalized spacial score (nSPS) is 10.4. The van der Waals surface area contributed by atoms with Crippen LogP contribution in [0.4, 0.5) is 0 Å². The Labute approximate surface area is 104 Å². The van der Waals surface area contributed by atoms with Crippen LogP contribution in [0, 0.1) is 0 Å². The fourth-order valence-electron chi connectivity index (χ4n) is 1.52. The summed E-state index contributed by atoms with van der Waals surface area (Å²) in [6, 6.07) is 14.8. The van der Waals surface area contributed by atoms with Crippen LogP contribution in [0.25, 0.3) is 0 Å². The molecule has 92 valence electrons. The Morgan fingerprint density at radius 1 is 0.944 bits per heavy atom. The van der Waals surface area contributed by atoms with Crippen molar-refractivity contribution in [3.63, 3.8) is 0 Å². The largest absolute Gasteiger partial charge is 0.422 e. The fraction of sp³-hybridized carbons (Fsp3) is 0.0714. The predicted octanol–water partition coefficient (Wildman–Crippen LogP) is 1.89. The Bertz CT molecular complexity index is 535. The van der Waals surface area contributed by atoms with E-state index in [4.69, 9.17) is 14.9 Å². The fourth-order valence-corrected chi connectivity index (χ4v) is 1.52. The van der Waals surface area contributed by atoms with Gasteiger partial charge in [0.25, 0.3) is 0 Å². The number of aliphatic hydroxyl groups excluding tert-OH is 1. The number of aliphatic hydroxyl groups is 2. The molecule has 0 amide bonds. The number of carbonyl (C=O) groups is 1. The Kier molecular flexibility index (Phi) is 3.72. The second-order valence-corrected chi connectivity index (χ2v) is 3.67. The first-order chi connectivity index (χ1) is 8.68. The van der Waals surface area contributed by atoms with Crippen LogP contribution in [0.15, 0.2) is 54.6 Å². The molecule has 0 saturated heterocycles. The van der Waals surface area contributed by atoms with Crippen molar-refractivity contribution in [2.24, 2.45) is 0 Å². The zero-order valence-electron chi connectivity index (χ0n) is 9.48. The summed E-state index contributed by atoms with van der Waals surface area (Å²) in [5.74, 6) is -0.398. The van der Waals surface area contributed by atoms with E-state index in [0.29, 0.717) is 5.56 Å². The average molecular weight is 244 g/mol. The zero-order valence-corrected chi connectivity index (χ0v) is 9.48. The van der Waals surface area contributed by atoms with Gasteiger partial charge in [0, 0.05) is 0 Å². The molecule has 0 aromatic heterocycles. The number of hydrogen-bond donors (Lipinski definition) is 2. The van der Waals surface area contributed by atoms with E-state index in [0.717, 1.165) is 0 Å². The summed E-state index contributed by atoms with van der Waals surface area (Å²) in [5, 5.41) is 18.3. The molecule has 0 fully saturated rings. The third-order valence-electron chi connectivity index (χ3n) is 2.41. The SMILES string of the molecule is O=C(Oc1ccccc1C(O)O)c1ccccc1. The molecule has 0 heterocycles. The second kappa shape index (κ2) is 5.44. The van der Waals surface area contributed by atoms with Crippen molar-refractivity contribution >= 4 is 5.97 Å². The van der Waals surface area contributed by atoms with Gasteiger partial charge < -0.3 is 14.9 Å². The number of ether oxygens (including phenoxy) is 1. The van der Waals surface area contributed by atoms with E-state index in [1.807, 2.05) is 0 Å². The topological polar surface area (TPSA) is 66.8 Å². The molecule has 0 saturated carbocycles. The van der Waals surface area contributed by atoms with Crippen LogP contribution in [-0.2, 0) is 0 Å². The number of para-hydroxylation sites is 1. The van der Waals surface area contributed by atoms with Crippen molar-refractivity contribution in [2.75, 3.05) is 0 Å². The van der Waals surface area contributed by atoms with Gasteiger partial charge in [0.05, 0.1) is 11.1 Å². The molecule has 2 N–H and O–H groups in total. The van der Waals surface area contributed by atoms with Gasteiger partial charge in [0.15, 0.2) is 6.29 Å². The Morgan fingerprint density at radius 2 is 1.56 bits per heavy atom. The van der Waals surface area contributed by atoms with Crippen LogP contribution in [0.3, 0.4) is 0 Å². The standard InChI is InChI=1S/C14H12O4/c15-13(16)11-8-4-5-9-12(11)18-14(17)10-6-2-1-3-7-10/h1-9,13,15-16H. The van der Waals surface area contributed by atoms with Gasteiger partial charge in [-0.2, -0.15) is 0 Å². The van der Waals surface area contributed by atoms with Gasteiger partial charge in [0.1, 0.15) is 5.75 Å². The number of esters is 1. The molecule has 0 unspecified atom stereocenters. The van der Waals surface area contributed by atoms with Crippen molar-refractivity contribution in [3.8, 4) is 5.75 Å². The minimum atomic E-state index is -1.68. The molecule has 0 aliphatic rings. The van der Waals surface area contributed by atoms with Gasteiger partial charge in [-0.1, -0.05) is 36.4 Å². The predicted molar refractivity (Wildman–Crippen MR) is 65.0 cm³/mol. The monoisotopic (exact) mass is 244 g/mol. The van der Waals surface area contributed by atoms with Crippen molar-refractivity contribution in [1.82, 2.24) is 0 Å². The maximum Gasteiger partial charge on any atom is 0.343 e. The maximum atomic E-state index is 11.8. The molecular formula is C14H12O4. The molecule has 4 nitrogen and oxygen atoms in total. The lowest BCUT2D eigenvalue weighted by molar-refractivity contribution is -0.0437. The van der Waals surface area contributed by atoms with Gasteiger partial charge >= 0.3 is 5.97 Å². The van der Waals surface area contributed by atoms with E-state index in [1.165, 1.54) is 12.1 Å². The van der Waals surface area contributed by atoms with Crippen LogP contribution >= 0.6 is 0 Å². The first-order valence-electron chi connectivity index (χ1n) is 5.41. The quantitative estimate of drug-likeness (QED) is 0.491. The van der Waals surface area contributed by atoms with Gasteiger partial charge in [-0.3, -0.25) is 0 Å². The minimum Gasteiger partial charge on any atom is -0.422 e.